The largest absolute Gasteiger partial charge is 0.497 e. The van der Waals surface area contributed by atoms with Crippen molar-refractivity contribution >= 4 is 23.2 Å². The van der Waals surface area contributed by atoms with E-state index in [0.29, 0.717) is 28.6 Å². The summed E-state index contributed by atoms with van der Waals surface area (Å²) in [5.41, 5.74) is 1.11. The molecule has 0 unspecified atom stereocenters. The van der Waals surface area contributed by atoms with Crippen molar-refractivity contribution < 1.29 is 23.8 Å². The number of carbonyl (C=O) groups excluding carboxylic acids is 2. The summed E-state index contributed by atoms with van der Waals surface area (Å²) in [5.74, 6) is 1.16. The highest BCUT2D eigenvalue weighted by Gasteiger charge is 2.40. The van der Waals surface area contributed by atoms with E-state index in [4.69, 9.17) is 14.2 Å². The summed E-state index contributed by atoms with van der Waals surface area (Å²) < 4.78 is 15.7. The van der Waals surface area contributed by atoms with Gasteiger partial charge in [0.05, 0.1) is 39.1 Å². The minimum absolute atomic E-state index is 0.0607. The average Bonchev–Trinajstić information content (AvgIpc) is 2.95. The molecule has 0 saturated carbocycles. The van der Waals surface area contributed by atoms with E-state index >= 15 is 0 Å². The van der Waals surface area contributed by atoms with Crippen molar-refractivity contribution in [1.82, 2.24) is 0 Å². The molecule has 1 aliphatic heterocycles. The molecule has 7 nitrogen and oxygen atoms in total. The minimum atomic E-state index is -0.670. The Morgan fingerprint density at radius 3 is 2.38 bits per heavy atom. The lowest BCUT2D eigenvalue weighted by Crippen LogP contribution is -2.34. The second-order valence-electron chi connectivity index (χ2n) is 5.74. The standard InChI is InChI=1S/C19H20N2O5/c1-24-13-6-4-5-12(9-13)21-18(22)11-16(19(21)23)20-15-8-7-14(25-2)10-17(15)26-3/h4-10,16,20H,11H2,1-3H3/t16-/m1/s1. The SMILES string of the molecule is COc1cccc(N2C(=O)C[C@@H](Nc3ccc(OC)cc3OC)C2=O)c1. The Bertz CT molecular complexity index is 836. The minimum Gasteiger partial charge on any atom is -0.497 e. The lowest BCUT2D eigenvalue weighted by atomic mass is 10.2. The van der Waals surface area contributed by atoms with Gasteiger partial charge in [0.15, 0.2) is 0 Å². The molecular weight excluding hydrogens is 336 g/mol. The van der Waals surface area contributed by atoms with Gasteiger partial charge < -0.3 is 19.5 Å². The molecule has 0 bridgehead atoms. The van der Waals surface area contributed by atoms with Gasteiger partial charge in [0, 0.05) is 12.1 Å². The number of carbonyl (C=O) groups is 2. The molecular formula is C19H20N2O5. The maximum Gasteiger partial charge on any atom is 0.256 e. The topological polar surface area (TPSA) is 77.1 Å². The molecule has 1 N–H and O–H groups in total. The highest BCUT2D eigenvalue weighted by molar-refractivity contribution is 6.23. The van der Waals surface area contributed by atoms with E-state index in [9.17, 15) is 9.59 Å². The van der Waals surface area contributed by atoms with Crippen LogP contribution in [0.2, 0.25) is 0 Å². The fourth-order valence-electron chi connectivity index (χ4n) is 2.87. The van der Waals surface area contributed by atoms with E-state index < -0.39 is 6.04 Å². The van der Waals surface area contributed by atoms with Gasteiger partial charge in [0.2, 0.25) is 5.91 Å². The lowest BCUT2D eigenvalue weighted by Gasteiger charge is -2.18. The Morgan fingerprint density at radius 1 is 0.962 bits per heavy atom. The third-order valence-corrected chi connectivity index (χ3v) is 4.20. The predicted molar refractivity (Wildman–Crippen MR) is 97.1 cm³/mol. The number of methoxy groups -OCH3 is 3. The van der Waals surface area contributed by atoms with E-state index in [1.54, 1.807) is 49.6 Å². The summed E-state index contributed by atoms with van der Waals surface area (Å²) in [6.45, 7) is 0. The molecule has 7 heteroatoms. The normalized spacial score (nSPS) is 16.6. The first-order valence-electron chi connectivity index (χ1n) is 8.06. The van der Waals surface area contributed by atoms with Crippen molar-refractivity contribution in [3.63, 3.8) is 0 Å². The van der Waals surface area contributed by atoms with E-state index in [1.165, 1.54) is 19.1 Å². The van der Waals surface area contributed by atoms with Crippen molar-refractivity contribution in [2.45, 2.75) is 12.5 Å². The smallest absolute Gasteiger partial charge is 0.256 e. The summed E-state index contributed by atoms with van der Waals surface area (Å²) in [5, 5.41) is 3.10. The Kier molecular flexibility index (Phi) is 4.97. The predicted octanol–water partition coefficient (Wildman–Crippen LogP) is 2.46. The Labute approximate surface area is 151 Å². The van der Waals surface area contributed by atoms with Gasteiger partial charge in [-0.3, -0.25) is 9.59 Å². The van der Waals surface area contributed by atoms with Gasteiger partial charge in [0.1, 0.15) is 23.3 Å². The second kappa shape index (κ2) is 7.35. The van der Waals surface area contributed by atoms with Gasteiger partial charge in [-0.05, 0) is 24.3 Å². The fraction of sp³-hybridized carbons (Fsp3) is 0.263. The maximum absolute atomic E-state index is 12.8. The fourth-order valence-corrected chi connectivity index (χ4v) is 2.87. The van der Waals surface area contributed by atoms with Crippen LogP contribution in [-0.4, -0.2) is 39.2 Å². The van der Waals surface area contributed by atoms with Crippen LogP contribution in [-0.2, 0) is 9.59 Å². The zero-order valence-corrected chi connectivity index (χ0v) is 14.8. The van der Waals surface area contributed by atoms with Gasteiger partial charge in [-0.25, -0.2) is 4.90 Å². The summed E-state index contributed by atoms with van der Waals surface area (Å²) in [7, 11) is 4.63. The first-order valence-corrected chi connectivity index (χ1v) is 8.06. The van der Waals surface area contributed by atoms with Gasteiger partial charge in [-0.1, -0.05) is 6.07 Å². The van der Waals surface area contributed by atoms with Gasteiger partial charge in [-0.2, -0.15) is 0 Å². The van der Waals surface area contributed by atoms with E-state index in [0.717, 1.165) is 0 Å². The number of amides is 2. The molecule has 136 valence electrons. The molecule has 2 amide bonds. The second-order valence-corrected chi connectivity index (χ2v) is 5.74. The van der Waals surface area contributed by atoms with Crippen LogP contribution < -0.4 is 24.4 Å². The number of imide groups is 1. The molecule has 2 aromatic carbocycles. The van der Waals surface area contributed by atoms with E-state index in [-0.39, 0.29) is 18.2 Å². The van der Waals surface area contributed by atoms with Crippen molar-refractivity contribution in [3.8, 4) is 17.2 Å². The van der Waals surface area contributed by atoms with Crippen LogP contribution in [0.1, 0.15) is 6.42 Å². The van der Waals surface area contributed by atoms with Gasteiger partial charge >= 0.3 is 0 Å². The van der Waals surface area contributed by atoms with Gasteiger partial charge in [0.25, 0.3) is 5.91 Å². The first kappa shape index (κ1) is 17.6. The van der Waals surface area contributed by atoms with Crippen molar-refractivity contribution in [2.24, 2.45) is 0 Å². The maximum atomic E-state index is 12.8. The molecule has 0 aromatic heterocycles. The Morgan fingerprint density at radius 2 is 1.69 bits per heavy atom. The van der Waals surface area contributed by atoms with E-state index in [1.807, 2.05) is 0 Å². The average molecular weight is 356 g/mol. The van der Waals surface area contributed by atoms with Crippen molar-refractivity contribution in [1.29, 1.82) is 0 Å². The number of benzene rings is 2. The number of nitrogens with zero attached hydrogens (tertiary/aromatic N) is 1. The summed E-state index contributed by atoms with van der Waals surface area (Å²) in [6.07, 6.45) is 0.0607. The number of rotatable bonds is 6. The molecule has 1 heterocycles. The molecule has 1 saturated heterocycles. The number of nitrogens with one attached hydrogen (secondary N) is 1. The molecule has 1 fully saturated rings. The molecule has 0 radical (unpaired) electrons. The number of ether oxygens (including phenoxy) is 3. The van der Waals surface area contributed by atoms with Crippen LogP contribution >= 0.6 is 0 Å². The van der Waals surface area contributed by atoms with Crippen LogP contribution in [0.5, 0.6) is 17.2 Å². The Hall–Kier alpha value is -3.22. The van der Waals surface area contributed by atoms with Crippen LogP contribution in [0.15, 0.2) is 42.5 Å². The zero-order valence-electron chi connectivity index (χ0n) is 14.8. The molecule has 1 aliphatic rings. The quantitative estimate of drug-likeness (QED) is 0.801. The van der Waals surface area contributed by atoms with E-state index in [2.05, 4.69) is 5.32 Å². The summed E-state index contributed by atoms with van der Waals surface area (Å²) in [6, 6.07) is 11.4. The summed E-state index contributed by atoms with van der Waals surface area (Å²) in [4.78, 5) is 26.4. The van der Waals surface area contributed by atoms with Crippen LogP contribution in [0.3, 0.4) is 0 Å². The number of hydrogen-bond donors (Lipinski definition) is 1. The number of hydrogen-bond acceptors (Lipinski definition) is 6. The van der Waals surface area contributed by atoms with Crippen molar-refractivity contribution in [3.05, 3.63) is 42.5 Å². The van der Waals surface area contributed by atoms with Crippen LogP contribution in [0.4, 0.5) is 11.4 Å². The molecule has 2 aromatic rings. The van der Waals surface area contributed by atoms with Crippen LogP contribution in [0.25, 0.3) is 0 Å². The third kappa shape index (κ3) is 3.28. The molecule has 1 atom stereocenters. The monoisotopic (exact) mass is 356 g/mol. The van der Waals surface area contributed by atoms with Crippen LogP contribution in [0, 0.1) is 0 Å². The molecule has 0 aliphatic carbocycles. The Balaban J connectivity index is 1.83. The van der Waals surface area contributed by atoms with Crippen molar-refractivity contribution in [2.75, 3.05) is 31.5 Å². The molecule has 26 heavy (non-hydrogen) atoms. The molecule has 0 spiro atoms. The highest BCUT2D eigenvalue weighted by Crippen LogP contribution is 2.32. The third-order valence-electron chi connectivity index (χ3n) is 4.20. The first-order chi connectivity index (χ1) is 12.6. The zero-order chi connectivity index (χ0) is 18.7. The lowest BCUT2D eigenvalue weighted by molar-refractivity contribution is -0.121. The van der Waals surface area contributed by atoms with Gasteiger partial charge in [-0.15, -0.1) is 0 Å². The highest BCUT2D eigenvalue weighted by atomic mass is 16.5. The summed E-state index contributed by atoms with van der Waals surface area (Å²) >= 11 is 0. The molecule has 3 rings (SSSR count). The number of anilines is 2.